The number of aromatic nitrogens is 3. The Balaban J connectivity index is 1.59. The number of amides is 1. The molecule has 1 aliphatic heterocycles. The van der Waals surface area contributed by atoms with Gasteiger partial charge in [-0.15, -0.1) is 0 Å². The number of hydrogen-bond donors (Lipinski definition) is 1. The first-order valence-corrected chi connectivity index (χ1v) is 12.9. The third-order valence-corrected chi connectivity index (χ3v) is 7.35. The molecule has 37 heavy (non-hydrogen) atoms. The third-order valence-electron chi connectivity index (χ3n) is 7.35. The smallest absolute Gasteiger partial charge is 0.225 e. The second-order valence-corrected chi connectivity index (χ2v) is 10.2. The second-order valence-electron chi connectivity index (χ2n) is 10.2. The number of nitriles is 1. The summed E-state index contributed by atoms with van der Waals surface area (Å²) in [6.45, 7) is 9.68. The maximum absolute atomic E-state index is 12.7. The van der Waals surface area contributed by atoms with Crippen molar-refractivity contribution in [1.82, 2.24) is 19.9 Å². The number of rotatable bonds is 7. The van der Waals surface area contributed by atoms with Gasteiger partial charge >= 0.3 is 0 Å². The molecule has 1 saturated heterocycles. The minimum atomic E-state index is -0.150. The fourth-order valence-corrected chi connectivity index (χ4v) is 5.25. The number of nitrogens with zero attached hydrogens (tertiary/aromatic N) is 6. The van der Waals surface area contributed by atoms with Crippen LogP contribution in [0.5, 0.6) is 0 Å². The van der Waals surface area contributed by atoms with Crippen molar-refractivity contribution in [3.63, 3.8) is 0 Å². The Morgan fingerprint density at radius 1 is 1.27 bits per heavy atom. The number of anilines is 1. The molecule has 0 radical (unpaired) electrons. The highest BCUT2D eigenvalue weighted by atomic mass is 16.3. The van der Waals surface area contributed by atoms with Crippen LogP contribution in [-0.4, -0.2) is 63.1 Å². The number of pyridine rings is 3. The molecule has 5 rings (SSSR count). The summed E-state index contributed by atoms with van der Waals surface area (Å²) < 4.78 is 0. The molecule has 2 fully saturated rings. The lowest BCUT2D eigenvalue weighted by Gasteiger charge is -2.44. The molecule has 190 valence electrons. The summed E-state index contributed by atoms with van der Waals surface area (Å²) in [5.41, 5.74) is 4.80. The van der Waals surface area contributed by atoms with Gasteiger partial charge in [0, 0.05) is 49.1 Å². The molecule has 8 nitrogen and oxygen atoms in total. The maximum atomic E-state index is 12.7. The van der Waals surface area contributed by atoms with E-state index in [1.165, 1.54) is 0 Å². The zero-order valence-corrected chi connectivity index (χ0v) is 21.4. The summed E-state index contributed by atoms with van der Waals surface area (Å²) in [6, 6.07) is 10.3. The van der Waals surface area contributed by atoms with Gasteiger partial charge in [0.15, 0.2) is 5.65 Å². The summed E-state index contributed by atoms with van der Waals surface area (Å²) in [4.78, 5) is 30.9. The van der Waals surface area contributed by atoms with Crippen LogP contribution in [-0.2, 0) is 4.79 Å². The molecule has 1 amide bonds. The van der Waals surface area contributed by atoms with Crippen molar-refractivity contribution >= 4 is 28.8 Å². The molecule has 0 bridgehead atoms. The molecule has 0 aromatic carbocycles. The molecule has 1 N–H and O–H groups in total. The van der Waals surface area contributed by atoms with Crippen molar-refractivity contribution in [2.75, 3.05) is 31.1 Å². The topological polar surface area (TPSA) is 106 Å². The van der Waals surface area contributed by atoms with Gasteiger partial charge in [0.25, 0.3) is 0 Å². The Morgan fingerprint density at radius 2 is 2.08 bits per heavy atom. The number of aliphatic hydroxyl groups is 1. The SMILES string of the molecule is C=Cc1cc(-c2cc(C#N)c(N3CCN(C(=O)CCO)C(C(C)C)C3)nc2C2CC2)c2cccnc2n1. The fourth-order valence-electron chi connectivity index (χ4n) is 5.25. The average Bonchev–Trinajstić information content (AvgIpc) is 3.77. The van der Waals surface area contributed by atoms with Gasteiger partial charge in [0.2, 0.25) is 5.91 Å². The highest BCUT2D eigenvalue weighted by Gasteiger charge is 2.35. The molecule has 8 heteroatoms. The molecule has 1 aliphatic carbocycles. The molecule has 3 aromatic rings. The van der Waals surface area contributed by atoms with Crippen molar-refractivity contribution < 1.29 is 9.90 Å². The van der Waals surface area contributed by atoms with Crippen molar-refractivity contribution in [2.45, 2.75) is 45.1 Å². The molecular weight excluding hydrogens is 464 g/mol. The van der Waals surface area contributed by atoms with Gasteiger partial charge in [0.1, 0.15) is 11.9 Å². The van der Waals surface area contributed by atoms with Crippen molar-refractivity contribution in [2.24, 2.45) is 5.92 Å². The predicted molar refractivity (Wildman–Crippen MR) is 144 cm³/mol. The number of piperazine rings is 1. The maximum Gasteiger partial charge on any atom is 0.225 e. The van der Waals surface area contributed by atoms with Gasteiger partial charge in [-0.25, -0.2) is 15.0 Å². The Hall–Kier alpha value is -3.83. The molecule has 1 unspecified atom stereocenters. The van der Waals surface area contributed by atoms with E-state index in [9.17, 15) is 15.2 Å². The van der Waals surface area contributed by atoms with Crippen molar-refractivity contribution in [3.05, 3.63) is 54.0 Å². The lowest BCUT2D eigenvalue weighted by molar-refractivity contribution is -0.135. The van der Waals surface area contributed by atoms with Crippen LogP contribution >= 0.6 is 0 Å². The van der Waals surface area contributed by atoms with E-state index >= 15 is 0 Å². The first kappa shape index (κ1) is 24.8. The van der Waals surface area contributed by atoms with Crippen LogP contribution in [0, 0.1) is 17.2 Å². The van der Waals surface area contributed by atoms with E-state index in [0.29, 0.717) is 42.6 Å². The molecule has 0 spiro atoms. The minimum absolute atomic E-state index is 0.0180. The highest BCUT2D eigenvalue weighted by Crippen LogP contribution is 2.46. The van der Waals surface area contributed by atoms with Crippen LogP contribution in [0.1, 0.15) is 56.0 Å². The summed E-state index contributed by atoms with van der Waals surface area (Å²) in [5, 5.41) is 20.4. The monoisotopic (exact) mass is 496 g/mol. The number of carbonyl (C=O) groups is 1. The molecule has 1 atom stereocenters. The van der Waals surface area contributed by atoms with Crippen LogP contribution in [0.3, 0.4) is 0 Å². The summed E-state index contributed by atoms with van der Waals surface area (Å²) in [6.07, 6.45) is 5.71. The fraction of sp³-hybridized carbons (Fsp3) is 0.414. The van der Waals surface area contributed by atoms with Crippen LogP contribution in [0.2, 0.25) is 0 Å². The highest BCUT2D eigenvalue weighted by molar-refractivity contribution is 5.95. The number of hydrogen-bond acceptors (Lipinski definition) is 7. The molecule has 3 aromatic heterocycles. The van der Waals surface area contributed by atoms with Gasteiger partial charge in [-0.05, 0) is 54.7 Å². The molecule has 4 heterocycles. The van der Waals surface area contributed by atoms with E-state index < -0.39 is 0 Å². The van der Waals surface area contributed by atoms with Crippen LogP contribution in [0.25, 0.3) is 28.2 Å². The summed E-state index contributed by atoms with van der Waals surface area (Å²) >= 11 is 0. The number of carbonyl (C=O) groups excluding carboxylic acids is 1. The Kier molecular flexibility index (Phi) is 6.90. The summed E-state index contributed by atoms with van der Waals surface area (Å²) in [5.74, 6) is 1.24. The zero-order chi connectivity index (χ0) is 26.1. The molecular formula is C29H32N6O2. The van der Waals surface area contributed by atoms with Crippen molar-refractivity contribution in [1.29, 1.82) is 5.26 Å². The third kappa shape index (κ3) is 4.79. The minimum Gasteiger partial charge on any atom is -0.396 e. The van der Waals surface area contributed by atoms with Gasteiger partial charge in [0.05, 0.1) is 29.6 Å². The number of aliphatic hydroxyl groups excluding tert-OH is 1. The Morgan fingerprint density at radius 3 is 2.76 bits per heavy atom. The van der Waals surface area contributed by atoms with E-state index in [0.717, 1.165) is 40.7 Å². The van der Waals surface area contributed by atoms with E-state index in [1.54, 1.807) is 12.3 Å². The standard InChI is InChI=1S/C29H32N6O2/c1-4-21-15-23(22-6-5-10-31-28(22)32-21)24-14-20(16-30)29(33-27(24)19-7-8-19)34-11-12-35(26(37)9-13-36)25(17-34)18(2)3/h4-6,10,14-15,18-19,25,36H,1,7-9,11-13,17H2,2-3H3. The van der Waals surface area contributed by atoms with Crippen LogP contribution < -0.4 is 4.90 Å². The first-order chi connectivity index (χ1) is 17.9. The normalized spacial score (nSPS) is 17.8. The van der Waals surface area contributed by atoms with E-state index in [4.69, 9.17) is 4.98 Å². The van der Waals surface area contributed by atoms with Gasteiger partial charge in [-0.1, -0.05) is 20.4 Å². The van der Waals surface area contributed by atoms with E-state index in [2.05, 4.69) is 41.4 Å². The van der Waals surface area contributed by atoms with E-state index in [1.807, 2.05) is 29.2 Å². The molecule has 2 aliphatic rings. The quantitative estimate of drug-likeness (QED) is 0.524. The van der Waals surface area contributed by atoms with Crippen LogP contribution in [0.15, 0.2) is 37.0 Å². The second kappa shape index (κ2) is 10.3. The first-order valence-electron chi connectivity index (χ1n) is 12.9. The van der Waals surface area contributed by atoms with E-state index in [-0.39, 0.29) is 30.9 Å². The predicted octanol–water partition coefficient (Wildman–Crippen LogP) is 4.14. The van der Waals surface area contributed by atoms with Crippen molar-refractivity contribution in [3.8, 4) is 17.2 Å². The molecule has 1 saturated carbocycles. The average molecular weight is 497 g/mol. The largest absolute Gasteiger partial charge is 0.396 e. The Bertz CT molecular complexity index is 1390. The van der Waals surface area contributed by atoms with Crippen LogP contribution in [0.4, 0.5) is 5.82 Å². The lowest BCUT2D eigenvalue weighted by Crippen LogP contribution is -2.57. The van der Waals surface area contributed by atoms with Gasteiger partial charge in [-0.2, -0.15) is 5.26 Å². The van der Waals surface area contributed by atoms with Gasteiger partial charge < -0.3 is 14.9 Å². The summed E-state index contributed by atoms with van der Waals surface area (Å²) in [7, 11) is 0. The lowest BCUT2D eigenvalue weighted by atomic mass is 9.95. The number of fused-ring (bicyclic) bond motifs is 1. The van der Waals surface area contributed by atoms with Gasteiger partial charge in [-0.3, -0.25) is 4.79 Å². The Labute approximate surface area is 217 Å². The zero-order valence-electron chi connectivity index (χ0n) is 21.4.